The Kier molecular flexibility index (Phi) is 8.52. The minimum atomic E-state index is -0.391. The highest BCUT2D eigenvalue weighted by Gasteiger charge is 2.32. The van der Waals surface area contributed by atoms with E-state index in [9.17, 15) is 9.59 Å². The Morgan fingerprint density at radius 2 is 1.81 bits per heavy atom. The molecule has 9 heteroatoms. The summed E-state index contributed by atoms with van der Waals surface area (Å²) in [7, 11) is 0. The third kappa shape index (κ3) is 5.66. The molecule has 0 aliphatic rings. The summed E-state index contributed by atoms with van der Waals surface area (Å²) < 4.78 is 3.92. The van der Waals surface area contributed by atoms with Crippen molar-refractivity contribution in [1.82, 2.24) is 19.1 Å². The van der Waals surface area contributed by atoms with Crippen LogP contribution in [0.2, 0.25) is 5.02 Å². The van der Waals surface area contributed by atoms with Crippen LogP contribution in [0.4, 0.5) is 0 Å². The van der Waals surface area contributed by atoms with Crippen LogP contribution in [-0.2, 0) is 6.54 Å². The summed E-state index contributed by atoms with van der Waals surface area (Å²) >= 11 is 9.69. The van der Waals surface area contributed by atoms with E-state index in [1.807, 2.05) is 48.2 Å². The molecular weight excluding hydrogens is 554 g/mol. The van der Waals surface area contributed by atoms with E-state index in [1.165, 1.54) is 4.52 Å². The molecule has 0 radical (unpaired) electrons. The molecule has 0 saturated carbocycles. The van der Waals surface area contributed by atoms with E-state index in [0.29, 0.717) is 42.2 Å². The molecule has 194 valence electrons. The highest BCUT2D eigenvalue weighted by molar-refractivity contribution is 9.10. The second-order valence-electron chi connectivity index (χ2n) is 9.46. The molecule has 7 nitrogen and oxygen atoms in total. The van der Waals surface area contributed by atoms with Crippen LogP contribution in [0.3, 0.4) is 0 Å². The predicted molar refractivity (Wildman–Crippen MR) is 151 cm³/mol. The Labute approximate surface area is 230 Å². The van der Waals surface area contributed by atoms with Crippen molar-refractivity contribution in [3.05, 3.63) is 103 Å². The van der Waals surface area contributed by atoms with Crippen molar-refractivity contribution in [2.24, 2.45) is 11.7 Å². The van der Waals surface area contributed by atoms with E-state index in [-0.39, 0.29) is 17.5 Å². The Hall–Kier alpha value is -2.94. The van der Waals surface area contributed by atoms with Gasteiger partial charge in [-0.2, -0.15) is 9.61 Å². The molecule has 37 heavy (non-hydrogen) atoms. The van der Waals surface area contributed by atoms with Gasteiger partial charge in [-0.05, 0) is 77.6 Å². The first-order valence-corrected chi connectivity index (χ1v) is 13.5. The van der Waals surface area contributed by atoms with Crippen molar-refractivity contribution in [3.63, 3.8) is 0 Å². The summed E-state index contributed by atoms with van der Waals surface area (Å²) in [6, 6.07) is 18.3. The number of carbonyl (C=O) groups is 1. The molecule has 0 fully saturated rings. The maximum Gasteiger partial charge on any atom is 0.349 e. The average molecular weight is 585 g/mol. The standard InChI is InChI=1S/C28H31BrClN5O2/c1-18(2)26(33(15-7-14-31)27(36)21-10-12-22(30)13-11-21)24-16-23-25(29)19(3)32-35(23)28(37)34(24)17-20-8-5-4-6-9-20/h4-6,8-13,16,18,26H,7,14-15,17,31H2,1-3H3. The van der Waals surface area contributed by atoms with Gasteiger partial charge in [0.05, 0.1) is 28.3 Å². The lowest BCUT2D eigenvalue weighted by Crippen LogP contribution is -2.42. The van der Waals surface area contributed by atoms with Crippen molar-refractivity contribution in [2.45, 2.75) is 39.8 Å². The van der Waals surface area contributed by atoms with E-state index < -0.39 is 6.04 Å². The molecule has 4 aromatic rings. The maximum atomic E-state index is 13.9. The number of amides is 1. The molecule has 0 bridgehead atoms. The lowest BCUT2D eigenvalue weighted by atomic mass is 9.96. The van der Waals surface area contributed by atoms with Crippen molar-refractivity contribution in [2.75, 3.05) is 13.1 Å². The molecule has 2 N–H and O–H groups in total. The lowest BCUT2D eigenvalue weighted by molar-refractivity contribution is 0.0609. The molecular formula is C28H31BrClN5O2. The van der Waals surface area contributed by atoms with Crippen LogP contribution < -0.4 is 11.4 Å². The first-order valence-electron chi connectivity index (χ1n) is 12.3. The normalized spacial score (nSPS) is 12.3. The number of nitrogens with two attached hydrogens (primary N) is 1. The van der Waals surface area contributed by atoms with Gasteiger partial charge in [-0.1, -0.05) is 55.8 Å². The molecule has 0 aliphatic carbocycles. The lowest BCUT2D eigenvalue weighted by Gasteiger charge is -2.36. The zero-order valence-corrected chi connectivity index (χ0v) is 23.5. The fraction of sp³-hybridized carbons (Fsp3) is 0.321. The van der Waals surface area contributed by atoms with E-state index in [1.54, 1.807) is 28.8 Å². The zero-order chi connectivity index (χ0) is 26.7. The quantitative estimate of drug-likeness (QED) is 0.283. The molecule has 1 amide bonds. The van der Waals surface area contributed by atoms with Crippen LogP contribution in [0, 0.1) is 12.8 Å². The number of fused-ring (bicyclic) bond motifs is 1. The average Bonchev–Trinajstić information content (AvgIpc) is 3.17. The molecule has 0 aliphatic heterocycles. The predicted octanol–water partition coefficient (Wildman–Crippen LogP) is 5.46. The van der Waals surface area contributed by atoms with E-state index in [2.05, 4.69) is 34.9 Å². The van der Waals surface area contributed by atoms with Gasteiger partial charge in [-0.25, -0.2) is 4.79 Å². The molecule has 4 rings (SSSR count). The Balaban J connectivity index is 1.94. The molecule has 2 heterocycles. The summed E-state index contributed by atoms with van der Waals surface area (Å²) in [4.78, 5) is 29.6. The first kappa shape index (κ1) is 27.1. The van der Waals surface area contributed by atoms with Crippen LogP contribution in [0.1, 0.15) is 53.6 Å². The number of hydrogen-bond donors (Lipinski definition) is 1. The number of halogens is 2. The SMILES string of the molecule is Cc1nn2c(=O)n(Cc3ccccc3)c(C(C(C)C)N(CCCN)C(=O)c3ccc(Cl)cc3)cc2c1Br. The number of benzene rings is 2. The number of hydrogen-bond acceptors (Lipinski definition) is 4. The van der Waals surface area contributed by atoms with Crippen molar-refractivity contribution in [3.8, 4) is 0 Å². The third-order valence-electron chi connectivity index (χ3n) is 6.44. The second kappa shape index (κ2) is 11.6. The van der Waals surface area contributed by atoms with E-state index >= 15 is 0 Å². The van der Waals surface area contributed by atoms with Gasteiger partial charge >= 0.3 is 5.69 Å². The van der Waals surface area contributed by atoms with Gasteiger partial charge in [-0.15, -0.1) is 0 Å². The number of aryl methyl sites for hydroxylation is 1. The summed E-state index contributed by atoms with van der Waals surface area (Å²) in [5.74, 6) is -0.133. The monoisotopic (exact) mass is 583 g/mol. The highest BCUT2D eigenvalue weighted by atomic mass is 79.9. The maximum absolute atomic E-state index is 13.9. The van der Waals surface area contributed by atoms with Gasteiger partial charge in [-0.3, -0.25) is 9.36 Å². The van der Waals surface area contributed by atoms with Crippen LogP contribution in [0.25, 0.3) is 5.52 Å². The molecule has 2 aromatic heterocycles. The minimum Gasteiger partial charge on any atom is -0.330 e. The van der Waals surface area contributed by atoms with Crippen LogP contribution in [-0.4, -0.2) is 38.1 Å². The number of carbonyl (C=O) groups excluding carboxylic acids is 1. The van der Waals surface area contributed by atoms with Crippen LogP contribution in [0.15, 0.2) is 69.9 Å². The third-order valence-corrected chi connectivity index (χ3v) is 7.67. The fourth-order valence-electron chi connectivity index (χ4n) is 4.66. The van der Waals surface area contributed by atoms with Crippen LogP contribution in [0.5, 0.6) is 0 Å². The zero-order valence-electron chi connectivity index (χ0n) is 21.2. The van der Waals surface area contributed by atoms with Gasteiger partial charge in [0.2, 0.25) is 0 Å². The summed E-state index contributed by atoms with van der Waals surface area (Å²) in [6.45, 7) is 7.23. The van der Waals surface area contributed by atoms with E-state index in [4.69, 9.17) is 17.3 Å². The van der Waals surface area contributed by atoms with Gasteiger partial charge in [0.1, 0.15) is 0 Å². The fourth-order valence-corrected chi connectivity index (χ4v) is 5.14. The number of aromatic nitrogens is 3. The topological polar surface area (TPSA) is 85.6 Å². The highest BCUT2D eigenvalue weighted by Crippen LogP contribution is 2.33. The summed E-state index contributed by atoms with van der Waals surface area (Å²) in [5.41, 5.74) is 9.27. The van der Waals surface area contributed by atoms with Gasteiger partial charge in [0.15, 0.2) is 0 Å². The van der Waals surface area contributed by atoms with E-state index in [0.717, 1.165) is 21.4 Å². The molecule has 0 spiro atoms. The van der Waals surface area contributed by atoms with Gasteiger partial charge in [0, 0.05) is 22.8 Å². The van der Waals surface area contributed by atoms with Gasteiger partial charge in [0.25, 0.3) is 5.91 Å². The minimum absolute atomic E-state index is 0.000641. The summed E-state index contributed by atoms with van der Waals surface area (Å²) in [5, 5.41) is 5.04. The molecule has 1 unspecified atom stereocenters. The van der Waals surface area contributed by atoms with Crippen molar-refractivity contribution in [1.29, 1.82) is 0 Å². The van der Waals surface area contributed by atoms with Crippen molar-refractivity contribution >= 4 is 39.0 Å². The largest absolute Gasteiger partial charge is 0.349 e. The smallest absolute Gasteiger partial charge is 0.330 e. The Morgan fingerprint density at radius 1 is 1.14 bits per heavy atom. The first-order chi connectivity index (χ1) is 17.7. The van der Waals surface area contributed by atoms with Crippen LogP contribution >= 0.6 is 27.5 Å². The van der Waals surface area contributed by atoms with Crippen molar-refractivity contribution < 1.29 is 4.79 Å². The Morgan fingerprint density at radius 3 is 2.43 bits per heavy atom. The number of rotatable bonds is 9. The summed E-state index contributed by atoms with van der Waals surface area (Å²) in [6.07, 6.45) is 0.628. The Bertz CT molecular complexity index is 1450. The second-order valence-corrected chi connectivity index (χ2v) is 10.7. The molecule has 1 atom stereocenters. The molecule has 2 aromatic carbocycles. The number of nitrogens with zero attached hydrogens (tertiary/aromatic N) is 4. The van der Waals surface area contributed by atoms with Gasteiger partial charge < -0.3 is 10.6 Å². The molecule has 0 saturated heterocycles.